The molecule has 1 spiro atoms. The Bertz CT molecular complexity index is 696. The average Bonchev–Trinajstić information content (AvgIpc) is 3.50. The molecule has 0 aliphatic heterocycles. The van der Waals surface area contributed by atoms with E-state index in [9.17, 15) is 4.79 Å². The summed E-state index contributed by atoms with van der Waals surface area (Å²) in [4.78, 5) is 12.5. The average molecular weight is 389 g/mol. The molecule has 0 bridgehead atoms. The van der Waals surface area contributed by atoms with Gasteiger partial charge in [-0.1, -0.05) is 6.07 Å². The van der Waals surface area contributed by atoms with Crippen LogP contribution in [0.1, 0.15) is 55.7 Å². The minimum atomic E-state index is -0.183. The van der Waals surface area contributed by atoms with E-state index in [-0.39, 0.29) is 24.2 Å². The van der Waals surface area contributed by atoms with E-state index in [1.807, 2.05) is 0 Å². The van der Waals surface area contributed by atoms with E-state index in [2.05, 4.69) is 28.8 Å². The number of methoxy groups -OCH3 is 2. The van der Waals surface area contributed by atoms with Crippen molar-refractivity contribution in [2.24, 2.45) is 11.3 Å². The molecule has 0 radical (unpaired) electrons. The van der Waals surface area contributed by atoms with E-state index in [4.69, 9.17) is 14.2 Å². The van der Waals surface area contributed by atoms with Crippen LogP contribution in [0.15, 0.2) is 18.2 Å². The van der Waals surface area contributed by atoms with E-state index in [1.165, 1.54) is 24.0 Å². The van der Waals surface area contributed by atoms with Gasteiger partial charge in [0.25, 0.3) is 0 Å². The largest absolute Gasteiger partial charge is 0.493 e. The molecular formula is C22H32N2O4. The van der Waals surface area contributed by atoms with Crippen LogP contribution in [0.25, 0.3) is 0 Å². The normalized spacial score (nSPS) is 28.8. The Morgan fingerprint density at radius 1 is 1.18 bits per heavy atom. The number of benzene rings is 1. The quantitative estimate of drug-likeness (QED) is 0.701. The fourth-order valence-corrected chi connectivity index (χ4v) is 4.82. The maximum Gasteiger partial charge on any atom is 0.317 e. The molecule has 1 aromatic carbocycles. The van der Waals surface area contributed by atoms with Gasteiger partial charge in [-0.05, 0) is 79.5 Å². The SMILES string of the molecule is COCNC(=O)NC1c2cc(OCC3CC3)ccc2CC12CCC(OC)CC2. The lowest BCUT2D eigenvalue weighted by atomic mass is 9.68. The lowest BCUT2D eigenvalue weighted by Crippen LogP contribution is -2.46. The van der Waals surface area contributed by atoms with Crippen LogP contribution in [0.5, 0.6) is 5.75 Å². The Labute approximate surface area is 167 Å². The zero-order valence-corrected chi connectivity index (χ0v) is 17.0. The smallest absolute Gasteiger partial charge is 0.317 e. The summed E-state index contributed by atoms with van der Waals surface area (Å²) in [6, 6.07) is 6.23. The van der Waals surface area contributed by atoms with Crippen molar-refractivity contribution in [3.63, 3.8) is 0 Å². The van der Waals surface area contributed by atoms with Crippen LogP contribution in [0.2, 0.25) is 0 Å². The predicted molar refractivity (Wildman–Crippen MR) is 106 cm³/mol. The summed E-state index contributed by atoms with van der Waals surface area (Å²) < 4.78 is 16.6. The molecule has 2 amide bonds. The van der Waals surface area contributed by atoms with Gasteiger partial charge in [0.15, 0.2) is 0 Å². The first-order valence-corrected chi connectivity index (χ1v) is 10.5. The summed E-state index contributed by atoms with van der Waals surface area (Å²) in [7, 11) is 3.37. The summed E-state index contributed by atoms with van der Waals surface area (Å²) >= 11 is 0. The van der Waals surface area contributed by atoms with Crippen LogP contribution in [0.3, 0.4) is 0 Å². The molecule has 1 unspecified atom stereocenters. The third kappa shape index (κ3) is 4.13. The summed E-state index contributed by atoms with van der Waals surface area (Å²) in [6.45, 7) is 1.00. The van der Waals surface area contributed by atoms with E-state index in [1.54, 1.807) is 14.2 Å². The molecule has 28 heavy (non-hydrogen) atoms. The summed E-state index contributed by atoms with van der Waals surface area (Å²) in [5.41, 5.74) is 2.58. The molecule has 0 heterocycles. The minimum Gasteiger partial charge on any atom is -0.493 e. The standard InChI is InChI=1S/C22H32N2O4/c1-26-14-23-21(25)24-20-19-11-18(28-13-15-3-4-15)6-5-16(19)12-22(20)9-7-17(27-2)8-10-22/h5-6,11,15,17,20H,3-4,7-10,12-14H2,1-2H3,(H2,23,24,25). The lowest BCUT2D eigenvalue weighted by molar-refractivity contribution is 0.0169. The molecule has 0 saturated heterocycles. The van der Waals surface area contributed by atoms with Gasteiger partial charge in [0, 0.05) is 14.2 Å². The lowest BCUT2D eigenvalue weighted by Gasteiger charge is -2.41. The van der Waals surface area contributed by atoms with Crippen LogP contribution < -0.4 is 15.4 Å². The monoisotopic (exact) mass is 388 g/mol. The zero-order chi connectivity index (χ0) is 19.6. The Kier molecular flexibility index (Phi) is 5.78. The number of fused-ring (bicyclic) bond motifs is 1. The van der Waals surface area contributed by atoms with Crippen molar-refractivity contribution in [1.82, 2.24) is 10.6 Å². The second-order valence-corrected chi connectivity index (χ2v) is 8.61. The third-order valence-electron chi connectivity index (χ3n) is 6.68. The number of hydrogen-bond donors (Lipinski definition) is 2. The maximum absolute atomic E-state index is 12.5. The van der Waals surface area contributed by atoms with Gasteiger partial charge < -0.3 is 24.8 Å². The van der Waals surface area contributed by atoms with Crippen molar-refractivity contribution in [3.05, 3.63) is 29.3 Å². The van der Waals surface area contributed by atoms with E-state index in [0.29, 0.717) is 6.10 Å². The second-order valence-electron chi connectivity index (χ2n) is 8.61. The van der Waals surface area contributed by atoms with E-state index >= 15 is 0 Å². The van der Waals surface area contributed by atoms with Gasteiger partial charge in [0.05, 0.1) is 18.8 Å². The van der Waals surface area contributed by atoms with Gasteiger partial charge in [-0.15, -0.1) is 0 Å². The van der Waals surface area contributed by atoms with Gasteiger partial charge in [0.1, 0.15) is 12.5 Å². The minimum absolute atomic E-state index is 0.0124. The van der Waals surface area contributed by atoms with Gasteiger partial charge in [0.2, 0.25) is 0 Å². The first-order valence-electron chi connectivity index (χ1n) is 10.5. The van der Waals surface area contributed by atoms with Crippen LogP contribution in [0.4, 0.5) is 4.79 Å². The number of carbonyl (C=O) groups is 1. The highest BCUT2D eigenvalue weighted by molar-refractivity contribution is 5.74. The molecule has 2 N–H and O–H groups in total. The Balaban J connectivity index is 1.55. The number of amides is 2. The molecule has 1 aromatic rings. The van der Waals surface area contributed by atoms with Crippen molar-refractivity contribution in [2.45, 2.75) is 57.1 Å². The van der Waals surface area contributed by atoms with Crippen molar-refractivity contribution in [1.29, 1.82) is 0 Å². The highest BCUT2D eigenvalue weighted by Crippen LogP contribution is 2.54. The van der Waals surface area contributed by atoms with Crippen molar-refractivity contribution in [3.8, 4) is 5.75 Å². The predicted octanol–water partition coefficient (Wildman–Crippen LogP) is 3.55. The first kappa shape index (κ1) is 19.5. The van der Waals surface area contributed by atoms with Crippen LogP contribution in [-0.4, -0.2) is 39.7 Å². The van der Waals surface area contributed by atoms with Gasteiger partial charge in [-0.2, -0.15) is 0 Å². The number of urea groups is 1. The molecule has 6 nitrogen and oxygen atoms in total. The first-order chi connectivity index (χ1) is 13.6. The number of rotatable bonds is 7. The highest BCUT2D eigenvalue weighted by Gasteiger charge is 2.48. The van der Waals surface area contributed by atoms with Crippen molar-refractivity contribution >= 4 is 6.03 Å². The van der Waals surface area contributed by atoms with Crippen LogP contribution in [-0.2, 0) is 15.9 Å². The molecule has 0 aromatic heterocycles. The fraction of sp³-hybridized carbons (Fsp3) is 0.682. The molecule has 1 atom stereocenters. The molecule has 6 heteroatoms. The van der Waals surface area contributed by atoms with Crippen molar-refractivity contribution in [2.75, 3.05) is 27.6 Å². The number of nitrogens with one attached hydrogen (secondary N) is 2. The number of carbonyl (C=O) groups excluding carboxylic acids is 1. The molecule has 4 rings (SSSR count). The Hall–Kier alpha value is -1.79. The topological polar surface area (TPSA) is 68.8 Å². The van der Waals surface area contributed by atoms with Gasteiger partial charge >= 0.3 is 6.03 Å². The molecule has 3 aliphatic carbocycles. The number of ether oxygens (including phenoxy) is 3. The van der Waals surface area contributed by atoms with Crippen LogP contribution >= 0.6 is 0 Å². The highest BCUT2D eigenvalue weighted by atomic mass is 16.5. The zero-order valence-electron chi connectivity index (χ0n) is 17.0. The number of hydrogen-bond acceptors (Lipinski definition) is 4. The molecule has 3 aliphatic rings. The summed E-state index contributed by atoms with van der Waals surface area (Å²) in [6.07, 6.45) is 8.05. The molecule has 154 valence electrons. The van der Waals surface area contributed by atoms with Crippen molar-refractivity contribution < 1.29 is 19.0 Å². The fourth-order valence-electron chi connectivity index (χ4n) is 4.82. The van der Waals surface area contributed by atoms with E-state index < -0.39 is 0 Å². The maximum atomic E-state index is 12.5. The Morgan fingerprint density at radius 3 is 2.64 bits per heavy atom. The third-order valence-corrected chi connectivity index (χ3v) is 6.68. The molecule has 2 fully saturated rings. The van der Waals surface area contributed by atoms with Gasteiger partial charge in [-0.25, -0.2) is 4.79 Å². The second kappa shape index (κ2) is 8.29. The van der Waals surface area contributed by atoms with Gasteiger partial charge in [-0.3, -0.25) is 0 Å². The molecule has 2 saturated carbocycles. The summed E-state index contributed by atoms with van der Waals surface area (Å²) in [5, 5.41) is 6.01. The summed E-state index contributed by atoms with van der Waals surface area (Å²) in [5.74, 6) is 1.63. The van der Waals surface area contributed by atoms with E-state index in [0.717, 1.165) is 50.4 Å². The Morgan fingerprint density at radius 2 is 1.96 bits per heavy atom. The van der Waals surface area contributed by atoms with Crippen LogP contribution in [0, 0.1) is 11.3 Å². The molecular weight excluding hydrogens is 356 g/mol.